The fraction of sp³-hybridized carbons (Fsp3) is 0.429. The Bertz CT molecular complexity index is 526. The topological polar surface area (TPSA) is 84.9 Å². The molecule has 6 heteroatoms. The number of rotatable bonds is 5. The molecule has 2 rings (SSSR count). The first-order chi connectivity index (χ1) is 9.47. The number of carboxylic acids is 1. The Kier molecular flexibility index (Phi) is 4.12. The average molecular weight is 279 g/mol. The van der Waals surface area contributed by atoms with Crippen LogP contribution in [0.3, 0.4) is 0 Å². The first-order valence-corrected chi connectivity index (χ1v) is 6.40. The summed E-state index contributed by atoms with van der Waals surface area (Å²) in [6, 6.07) is 3.87. The highest BCUT2D eigenvalue weighted by Gasteiger charge is 2.23. The molecule has 0 fully saturated rings. The normalized spacial score (nSPS) is 14.2. The number of carboxylic acid groups (broad SMARTS) is 1. The van der Waals surface area contributed by atoms with E-state index in [1.807, 2.05) is 13.8 Å². The van der Waals surface area contributed by atoms with Crippen molar-refractivity contribution in [2.45, 2.75) is 26.3 Å². The van der Waals surface area contributed by atoms with Crippen molar-refractivity contribution in [3.63, 3.8) is 0 Å². The second-order valence-electron chi connectivity index (χ2n) is 5.06. The van der Waals surface area contributed by atoms with Crippen LogP contribution in [0, 0.1) is 5.92 Å². The second-order valence-corrected chi connectivity index (χ2v) is 5.06. The van der Waals surface area contributed by atoms with Crippen molar-refractivity contribution in [1.29, 1.82) is 0 Å². The molecule has 1 aromatic carbocycles. The maximum absolute atomic E-state index is 12.1. The highest BCUT2D eigenvalue weighted by molar-refractivity contribution is 5.97. The molecule has 0 radical (unpaired) electrons. The monoisotopic (exact) mass is 279 g/mol. The van der Waals surface area contributed by atoms with Crippen LogP contribution in [0.1, 0.15) is 30.6 Å². The summed E-state index contributed by atoms with van der Waals surface area (Å²) in [4.78, 5) is 23.2. The number of aliphatic carboxylic acids is 1. The molecule has 6 nitrogen and oxygen atoms in total. The zero-order valence-corrected chi connectivity index (χ0v) is 11.4. The Morgan fingerprint density at radius 1 is 1.30 bits per heavy atom. The number of benzene rings is 1. The fourth-order valence-electron chi connectivity index (χ4n) is 1.97. The number of hydrogen-bond acceptors (Lipinski definition) is 4. The largest absolute Gasteiger partial charge is 0.480 e. The number of amides is 1. The second kappa shape index (κ2) is 5.81. The van der Waals surface area contributed by atoms with Gasteiger partial charge < -0.3 is 19.9 Å². The third-order valence-corrected chi connectivity index (χ3v) is 2.95. The van der Waals surface area contributed by atoms with Gasteiger partial charge in [-0.3, -0.25) is 4.79 Å². The molecule has 2 N–H and O–H groups in total. The van der Waals surface area contributed by atoms with Crippen LogP contribution in [0.25, 0.3) is 0 Å². The van der Waals surface area contributed by atoms with Crippen molar-refractivity contribution in [2.24, 2.45) is 5.92 Å². The maximum Gasteiger partial charge on any atom is 0.326 e. The third kappa shape index (κ3) is 3.20. The fourth-order valence-corrected chi connectivity index (χ4v) is 1.97. The molecule has 0 aliphatic carbocycles. The predicted octanol–water partition coefficient (Wildman–Crippen LogP) is 1.64. The molecular weight excluding hydrogens is 262 g/mol. The first kappa shape index (κ1) is 14.2. The van der Waals surface area contributed by atoms with Crippen LogP contribution in [-0.4, -0.2) is 29.8 Å². The van der Waals surface area contributed by atoms with Gasteiger partial charge in [0.25, 0.3) is 5.91 Å². The van der Waals surface area contributed by atoms with E-state index in [-0.39, 0.29) is 12.7 Å². The highest BCUT2D eigenvalue weighted by atomic mass is 16.7. The van der Waals surface area contributed by atoms with Gasteiger partial charge >= 0.3 is 5.97 Å². The Morgan fingerprint density at radius 2 is 2.00 bits per heavy atom. The van der Waals surface area contributed by atoms with Crippen molar-refractivity contribution < 1.29 is 24.2 Å². The zero-order valence-electron chi connectivity index (χ0n) is 11.4. The van der Waals surface area contributed by atoms with E-state index in [1.54, 1.807) is 18.2 Å². The molecule has 1 aromatic rings. The Balaban J connectivity index is 2.08. The van der Waals surface area contributed by atoms with Gasteiger partial charge in [-0.1, -0.05) is 13.8 Å². The lowest BCUT2D eigenvalue weighted by Gasteiger charge is -2.16. The maximum atomic E-state index is 12.1. The van der Waals surface area contributed by atoms with E-state index in [0.717, 1.165) is 0 Å². The van der Waals surface area contributed by atoms with E-state index in [0.29, 0.717) is 23.5 Å². The molecule has 0 spiro atoms. The number of nitrogens with one attached hydrogen (secondary N) is 1. The van der Waals surface area contributed by atoms with Crippen LogP contribution in [0.4, 0.5) is 0 Å². The molecule has 1 amide bonds. The van der Waals surface area contributed by atoms with Gasteiger partial charge in [-0.2, -0.15) is 0 Å². The van der Waals surface area contributed by atoms with Gasteiger partial charge in [-0.05, 0) is 30.5 Å². The first-order valence-electron chi connectivity index (χ1n) is 6.40. The number of ether oxygens (including phenoxy) is 2. The van der Waals surface area contributed by atoms with Crippen molar-refractivity contribution in [1.82, 2.24) is 5.32 Å². The quantitative estimate of drug-likeness (QED) is 0.856. The number of hydrogen-bond donors (Lipinski definition) is 2. The summed E-state index contributed by atoms with van der Waals surface area (Å²) in [6.45, 7) is 3.94. The molecule has 1 heterocycles. The summed E-state index contributed by atoms with van der Waals surface area (Å²) in [7, 11) is 0. The van der Waals surface area contributed by atoms with Crippen LogP contribution in [0.2, 0.25) is 0 Å². The van der Waals surface area contributed by atoms with Gasteiger partial charge in [0.05, 0.1) is 0 Å². The van der Waals surface area contributed by atoms with Crippen LogP contribution in [-0.2, 0) is 4.79 Å². The van der Waals surface area contributed by atoms with E-state index >= 15 is 0 Å². The standard InChI is InChI=1S/C14H17NO5/c1-8(2)5-10(14(17)18)15-13(16)9-3-4-11-12(6-9)20-7-19-11/h3-4,6,8,10H,5,7H2,1-2H3,(H,15,16)(H,17,18)/t10-/m1/s1. The molecule has 1 aliphatic heterocycles. The molecule has 20 heavy (non-hydrogen) atoms. The van der Waals surface area contributed by atoms with Crippen molar-refractivity contribution in [3.05, 3.63) is 23.8 Å². The smallest absolute Gasteiger partial charge is 0.326 e. The summed E-state index contributed by atoms with van der Waals surface area (Å²) >= 11 is 0. The third-order valence-electron chi connectivity index (χ3n) is 2.95. The lowest BCUT2D eigenvalue weighted by molar-refractivity contribution is -0.139. The summed E-state index contributed by atoms with van der Waals surface area (Å²) in [6.07, 6.45) is 0.381. The Labute approximate surface area is 116 Å². The number of carbonyl (C=O) groups is 2. The number of fused-ring (bicyclic) bond motifs is 1. The van der Waals surface area contributed by atoms with E-state index in [1.165, 1.54) is 0 Å². The minimum atomic E-state index is -1.03. The van der Waals surface area contributed by atoms with Crippen LogP contribution < -0.4 is 14.8 Å². The highest BCUT2D eigenvalue weighted by Crippen LogP contribution is 2.32. The van der Waals surface area contributed by atoms with Crippen LogP contribution >= 0.6 is 0 Å². The van der Waals surface area contributed by atoms with Crippen LogP contribution in [0.15, 0.2) is 18.2 Å². The van der Waals surface area contributed by atoms with Crippen molar-refractivity contribution in [2.75, 3.05) is 6.79 Å². The lowest BCUT2D eigenvalue weighted by atomic mass is 10.0. The van der Waals surface area contributed by atoms with Gasteiger partial charge in [0.15, 0.2) is 11.5 Å². The summed E-state index contributed by atoms with van der Waals surface area (Å²) in [5, 5.41) is 11.6. The van der Waals surface area contributed by atoms with E-state index in [4.69, 9.17) is 14.6 Å². The van der Waals surface area contributed by atoms with E-state index in [9.17, 15) is 9.59 Å². The molecule has 0 bridgehead atoms. The Morgan fingerprint density at radius 3 is 2.65 bits per heavy atom. The molecule has 1 aliphatic rings. The summed E-state index contributed by atoms with van der Waals surface area (Å²) in [5.41, 5.74) is 0.351. The lowest BCUT2D eigenvalue weighted by Crippen LogP contribution is -2.41. The molecular formula is C14H17NO5. The van der Waals surface area contributed by atoms with Gasteiger partial charge in [0.2, 0.25) is 6.79 Å². The molecule has 0 saturated heterocycles. The SMILES string of the molecule is CC(C)C[C@@H](NC(=O)c1ccc2c(c1)OCO2)C(=O)O. The Hall–Kier alpha value is -2.24. The predicted molar refractivity (Wildman–Crippen MR) is 70.9 cm³/mol. The minimum Gasteiger partial charge on any atom is -0.480 e. The van der Waals surface area contributed by atoms with Gasteiger partial charge in [-0.15, -0.1) is 0 Å². The van der Waals surface area contributed by atoms with Crippen molar-refractivity contribution in [3.8, 4) is 11.5 Å². The molecule has 0 aromatic heterocycles. The minimum absolute atomic E-state index is 0.130. The van der Waals surface area contributed by atoms with E-state index in [2.05, 4.69) is 5.32 Å². The average Bonchev–Trinajstić information content (AvgIpc) is 2.84. The number of carbonyl (C=O) groups excluding carboxylic acids is 1. The van der Waals surface area contributed by atoms with Gasteiger partial charge in [-0.25, -0.2) is 4.79 Å². The van der Waals surface area contributed by atoms with E-state index < -0.39 is 17.9 Å². The summed E-state index contributed by atoms with van der Waals surface area (Å²) < 4.78 is 10.3. The zero-order chi connectivity index (χ0) is 14.7. The molecule has 1 atom stereocenters. The van der Waals surface area contributed by atoms with Gasteiger partial charge in [0.1, 0.15) is 6.04 Å². The molecule has 108 valence electrons. The van der Waals surface area contributed by atoms with Crippen molar-refractivity contribution >= 4 is 11.9 Å². The summed E-state index contributed by atoms with van der Waals surface area (Å²) in [5.74, 6) is -0.218. The molecule has 0 unspecified atom stereocenters. The van der Waals surface area contributed by atoms with Crippen LogP contribution in [0.5, 0.6) is 11.5 Å². The molecule has 0 saturated carbocycles. The van der Waals surface area contributed by atoms with Gasteiger partial charge in [0, 0.05) is 5.56 Å².